The summed E-state index contributed by atoms with van der Waals surface area (Å²) in [6.45, 7) is 0. The molecule has 0 spiro atoms. The zero-order valence-corrected chi connectivity index (χ0v) is 10.3. The quantitative estimate of drug-likeness (QED) is 0.884. The minimum Gasteiger partial charge on any atom is -0.370 e. The van der Waals surface area contributed by atoms with Gasteiger partial charge in [-0.05, 0) is 34.9 Å². The number of carbonyl (C=O) groups is 1. The van der Waals surface area contributed by atoms with Gasteiger partial charge < -0.3 is 11.5 Å². The van der Waals surface area contributed by atoms with Crippen molar-refractivity contribution in [3.05, 3.63) is 59.9 Å². The van der Waals surface area contributed by atoms with Crippen LogP contribution in [0.3, 0.4) is 0 Å². The van der Waals surface area contributed by atoms with E-state index in [-0.39, 0.29) is 12.2 Å². The molecule has 0 aliphatic rings. The summed E-state index contributed by atoms with van der Waals surface area (Å²) in [5.41, 5.74) is 13.5. The van der Waals surface area contributed by atoms with Crippen molar-refractivity contribution >= 4 is 5.91 Å². The standard InChI is InChI=1S/C15H15FN2O/c16-13-6-2-4-11(8-13)10-3-1-5-12(7-10)14(17)9-15(18)19/h1-8,14H,9,17H2,(H2,18,19). The number of rotatable bonds is 4. The maximum Gasteiger partial charge on any atom is 0.219 e. The van der Waals surface area contributed by atoms with Gasteiger partial charge in [0.2, 0.25) is 5.91 Å². The van der Waals surface area contributed by atoms with E-state index in [1.54, 1.807) is 6.07 Å². The molecule has 4 N–H and O–H groups in total. The normalized spacial score (nSPS) is 12.1. The first-order valence-corrected chi connectivity index (χ1v) is 5.96. The third-order valence-electron chi connectivity index (χ3n) is 2.89. The smallest absolute Gasteiger partial charge is 0.219 e. The van der Waals surface area contributed by atoms with Gasteiger partial charge in [0, 0.05) is 12.5 Å². The SMILES string of the molecule is NC(=O)CC(N)c1cccc(-c2cccc(F)c2)c1. The topological polar surface area (TPSA) is 69.1 Å². The summed E-state index contributed by atoms with van der Waals surface area (Å²) in [6, 6.07) is 13.3. The van der Waals surface area contributed by atoms with Crippen molar-refractivity contribution in [2.75, 3.05) is 0 Å². The van der Waals surface area contributed by atoms with Crippen LogP contribution in [0.2, 0.25) is 0 Å². The van der Waals surface area contributed by atoms with Crippen LogP contribution in [0.15, 0.2) is 48.5 Å². The van der Waals surface area contributed by atoms with Crippen LogP contribution < -0.4 is 11.5 Å². The molecule has 0 aliphatic carbocycles. The second-order valence-corrected chi connectivity index (χ2v) is 4.41. The highest BCUT2D eigenvalue weighted by atomic mass is 19.1. The summed E-state index contributed by atoms with van der Waals surface area (Å²) in [5, 5.41) is 0. The number of halogens is 1. The van der Waals surface area contributed by atoms with Crippen LogP contribution in [0.5, 0.6) is 0 Å². The van der Waals surface area contributed by atoms with Crippen molar-refractivity contribution < 1.29 is 9.18 Å². The van der Waals surface area contributed by atoms with E-state index in [1.165, 1.54) is 12.1 Å². The Morgan fingerprint density at radius 3 is 2.37 bits per heavy atom. The van der Waals surface area contributed by atoms with Gasteiger partial charge in [-0.15, -0.1) is 0 Å². The highest BCUT2D eigenvalue weighted by Gasteiger charge is 2.10. The van der Waals surface area contributed by atoms with Gasteiger partial charge in [0.25, 0.3) is 0 Å². The predicted octanol–water partition coefficient (Wildman–Crippen LogP) is 2.37. The number of primary amides is 1. The summed E-state index contributed by atoms with van der Waals surface area (Å²) >= 11 is 0. The van der Waals surface area contributed by atoms with Crippen molar-refractivity contribution in [3.63, 3.8) is 0 Å². The van der Waals surface area contributed by atoms with Gasteiger partial charge >= 0.3 is 0 Å². The summed E-state index contributed by atoms with van der Waals surface area (Å²) < 4.78 is 13.2. The fourth-order valence-electron chi connectivity index (χ4n) is 1.95. The molecule has 0 bridgehead atoms. The highest BCUT2D eigenvalue weighted by Crippen LogP contribution is 2.24. The van der Waals surface area contributed by atoms with E-state index in [4.69, 9.17) is 11.5 Å². The number of amides is 1. The van der Waals surface area contributed by atoms with Gasteiger partial charge in [0.15, 0.2) is 0 Å². The summed E-state index contributed by atoms with van der Waals surface area (Å²) in [4.78, 5) is 10.9. The molecule has 0 aromatic heterocycles. The Morgan fingerprint density at radius 2 is 1.74 bits per heavy atom. The first kappa shape index (κ1) is 13.2. The van der Waals surface area contributed by atoms with Gasteiger partial charge in [0.1, 0.15) is 5.82 Å². The number of benzene rings is 2. The number of hydrogen-bond acceptors (Lipinski definition) is 2. The summed E-state index contributed by atoms with van der Waals surface area (Å²) in [6.07, 6.45) is 0.0899. The summed E-state index contributed by atoms with van der Waals surface area (Å²) in [5.74, 6) is -0.729. The molecule has 0 radical (unpaired) electrons. The van der Waals surface area contributed by atoms with Crippen molar-refractivity contribution in [2.45, 2.75) is 12.5 Å². The van der Waals surface area contributed by atoms with Gasteiger partial charge in [-0.1, -0.05) is 30.3 Å². The van der Waals surface area contributed by atoms with Crippen molar-refractivity contribution in [3.8, 4) is 11.1 Å². The van der Waals surface area contributed by atoms with E-state index in [2.05, 4.69) is 0 Å². The lowest BCUT2D eigenvalue weighted by Gasteiger charge is -2.11. The van der Waals surface area contributed by atoms with Crippen LogP contribution in [-0.2, 0) is 4.79 Å². The van der Waals surface area contributed by atoms with Crippen LogP contribution in [0.1, 0.15) is 18.0 Å². The van der Waals surface area contributed by atoms with E-state index >= 15 is 0 Å². The van der Waals surface area contributed by atoms with Gasteiger partial charge in [-0.2, -0.15) is 0 Å². The molecule has 3 nitrogen and oxygen atoms in total. The predicted molar refractivity (Wildman–Crippen MR) is 72.6 cm³/mol. The second-order valence-electron chi connectivity index (χ2n) is 4.41. The lowest BCUT2D eigenvalue weighted by Crippen LogP contribution is -2.20. The molecule has 1 unspecified atom stereocenters. The lowest BCUT2D eigenvalue weighted by atomic mass is 9.98. The van der Waals surface area contributed by atoms with Crippen LogP contribution >= 0.6 is 0 Å². The number of carbonyl (C=O) groups excluding carboxylic acids is 1. The zero-order valence-electron chi connectivity index (χ0n) is 10.3. The molecule has 2 aromatic carbocycles. The van der Waals surface area contributed by atoms with Crippen molar-refractivity contribution in [1.29, 1.82) is 0 Å². The fourth-order valence-corrected chi connectivity index (χ4v) is 1.95. The first-order valence-electron chi connectivity index (χ1n) is 5.96. The Balaban J connectivity index is 2.31. The molecule has 0 saturated carbocycles. The lowest BCUT2D eigenvalue weighted by molar-refractivity contribution is -0.118. The minimum atomic E-state index is -0.441. The zero-order chi connectivity index (χ0) is 13.8. The molecule has 1 amide bonds. The molecule has 2 aromatic rings. The molecule has 0 fully saturated rings. The number of nitrogens with two attached hydrogens (primary N) is 2. The highest BCUT2D eigenvalue weighted by molar-refractivity contribution is 5.75. The van der Waals surface area contributed by atoms with Gasteiger partial charge in [0.05, 0.1) is 0 Å². The van der Waals surface area contributed by atoms with Crippen LogP contribution in [-0.4, -0.2) is 5.91 Å². The van der Waals surface area contributed by atoms with Gasteiger partial charge in [-0.3, -0.25) is 4.79 Å². The minimum absolute atomic E-state index is 0.0899. The van der Waals surface area contributed by atoms with Crippen LogP contribution in [0.25, 0.3) is 11.1 Å². The maximum atomic E-state index is 13.2. The van der Waals surface area contributed by atoms with E-state index in [0.29, 0.717) is 0 Å². The summed E-state index contributed by atoms with van der Waals surface area (Å²) in [7, 11) is 0. The molecule has 2 rings (SSSR count). The molecule has 19 heavy (non-hydrogen) atoms. The molecule has 0 heterocycles. The van der Waals surface area contributed by atoms with E-state index in [9.17, 15) is 9.18 Å². The molecular formula is C15H15FN2O. The van der Waals surface area contributed by atoms with E-state index in [1.807, 2.05) is 30.3 Å². The van der Waals surface area contributed by atoms with Crippen LogP contribution in [0.4, 0.5) is 4.39 Å². The van der Waals surface area contributed by atoms with Gasteiger partial charge in [-0.25, -0.2) is 4.39 Å². The van der Waals surface area contributed by atoms with Crippen LogP contribution in [0, 0.1) is 5.82 Å². The third kappa shape index (κ3) is 3.39. The Bertz CT molecular complexity index is 598. The maximum absolute atomic E-state index is 13.2. The average molecular weight is 258 g/mol. The monoisotopic (exact) mass is 258 g/mol. The van der Waals surface area contributed by atoms with E-state index in [0.717, 1.165) is 16.7 Å². The third-order valence-corrected chi connectivity index (χ3v) is 2.89. The molecule has 4 heteroatoms. The average Bonchev–Trinajstić information content (AvgIpc) is 2.38. The van der Waals surface area contributed by atoms with Crippen molar-refractivity contribution in [2.24, 2.45) is 11.5 Å². The number of hydrogen-bond donors (Lipinski definition) is 2. The Morgan fingerprint density at radius 1 is 1.11 bits per heavy atom. The first-order chi connectivity index (χ1) is 9.06. The second kappa shape index (κ2) is 5.63. The molecule has 1 atom stereocenters. The van der Waals surface area contributed by atoms with Crippen molar-refractivity contribution in [1.82, 2.24) is 0 Å². The Labute approximate surface area is 111 Å². The Hall–Kier alpha value is -2.20. The largest absolute Gasteiger partial charge is 0.370 e. The molecule has 0 saturated heterocycles. The fraction of sp³-hybridized carbons (Fsp3) is 0.133. The molecule has 0 aliphatic heterocycles. The van der Waals surface area contributed by atoms with E-state index < -0.39 is 11.9 Å². The Kier molecular flexibility index (Phi) is 3.92. The molecular weight excluding hydrogens is 243 g/mol. The molecule has 98 valence electrons.